The first-order chi connectivity index (χ1) is 9.70. The van der Waals surface area contributed by atoms with Crippen LogP contribution in [0.2, 0.25) is 0 Å². The molecule has 0 radical (unpaired) electrons. The average molecular weight is 278 g/mol. The van der Waals surface area contributed by atoms with Gasteiger partial charge in [0.1, 0.15) is 6.61 Å². The van der Waals surface area contributed by atoms with Crippen LogP contribution in [-0.2, 0) is 16.1 Å². The zero-order valence-electron chi connectivity index (χ0n) is 11.1. The van der Waals surface area contributed by atoms with E-state index in [9.17, 15) is 9.59 Å². The van der Waals surface area contributed by atoms with E-state index >= 15 is 0 Å². The van der Waals surface area contributed by atoms with Crippen LogP contribution in [0.25, 0.3) is 0 Å². The lowest BCUT2D eigenvalue weighted by Gasteiger charge is -2.30. The number of ether oxygens (including phenoxy) is 1. The highest BCUT2D eigenvalue weighted by atomic mass is 16.6. The fourth-order valence-corrected chi connectivity index (χ4v) is 2.23. The van der Waals surface area contributed by atoms with E-state index < -0.39 is 0 Å². The van der Waals surface area contributed by atoms with E-state index in [0.29, 0.717) is 25.9 Å². The predicted molar refractivity (Wildman–Crippen MR) is 70.9 cm³/mol. The van der Waals surface area contributed by atoms with Crippen molar-refractivity contribution >= 4 is 12.0 Å². The second-order valence-electron chi connectivity index (χ2n) is 4.78. The van der Waals surface area contributed by atoms with Gasteiger partial charge in [0.15, 0.2) is 0 Å². The van der Waals surface area contributed by atoms with Crippen molar-refractivity contribution in [2.75, 3.05) is 13.1 Å². The molecule has 2 N–H and O–H groups in total. The van der Waals surface area contributed by atoms with Gasteiger partial charge in [0.2, 0.25) is 5.91 Å². The number of amides is 2. The molecule has 0 unspecified atom stereocenters. The van der Waals surface area contributed by atoms with Gasteiger partial charge >= 0.3 is 6.09 Å². The van der Waals surface area contributed by atoms with Crippen molar-refractivity contribution in [3.05, 3.63) is 35.9 Å². The van der Waals surface area contributed by atoms with Crippen molar-refractivity contribution in [2.45, 2.75) is 19.4 Å². The first-order valence-corrected chi connectivity index (χ1v) is 6.60. The van der Waals surface area contributed by atoms with Crippen molar-refractivity contribution in [1.29, 1.82) is 0 Å². The van der Waals surface area contributed by atoms with Crippen LogP contribution in [0.4, 0.5) is 4.79 Å². The third kappa shape index (κ3) is 3.71. The van der Waals surface area contributed by atoms with Gasteiger partial charge in [-0.1, -0.05) is 30.3 Å². The molecule has 0 aliphatic carbocycles. The Bertz CT molecular complexity index is 456. The maximum absolute atomic E-state index is 11.9. The summed E-state index contributed by atoms with van der Waals surface area (Å²) in [5, 5.41) is 8.57. The summed E-state index contributed by atoms with van der Waals surface area (Å²) in [6.45, 7) is 1.17. The highest BCUT2D eigenvalue weighted by Gasteiger charge is 2.27. The van der Waals surface area contributed by atoms with Gasteiger partial charge < -0.3 is 9.64 Å². The number of likely N-dealkylation sites (tertiary alicyclic amines) is 1. The third-order valence-electron chi connectivity index (χ3n) is 3.44. The monoisotopic (exact) mass is 278 g/mol. The van der Waals surface area contributed by atoms with Crippen molar-refractivity contribution in [1.82, 2.24) is 10.4 Å². The van der Waals surface area contributed by atoms with Crippen molar-refractivity contribution in [2.24, 2.45) is 5.92 Å². The summed E-state index contributed by atoms with van der Waals surface area (Å²) in [6, 6.07) is 9.48. The quantitative estimate of drug-likeness (QED) is 0.649. The number of nitrogens with zero attached hydrogens (tertiary/aromatic N) is 1. The minimum atomic E-state index is -0.387. The summed E-state index contributed by atoms with van der Waals surface area (Å²) in [7, 11) is 0. The number of nitrogens with one attached hydrogen (secondary N) is 1. The van der Waals surface area contributed by atoms with E-state index in [1.54, 1.807) is 10.4 Å². The van der Waals surface area contributed by atoms with E-state index in [-0.39, 0.29) is 24.5 Å². The molecule has 0 atom stereocenters. The van der Waals surface area contributed by atoms with E-state index in [1.165, 1.54) is 0 Å². The molecule has 1 aromatic carbocycles. The van der Waals surface area contributed by atoms with Crippen LogP contribution in [0, 0.1) is 5.92 Å². The summed E-state index contributed by atoms with van der Waals surface area (Å²) in [5.74, 6) is -0.625. The van der Waals surface area contributed by atoms with E-state index in [0.717, 1.165) is 5.56 Å². The summed E-state index contributed by atoms with van der Waals surface area (Å²) in [6.07, 6.45) is 0.705. The van der Waals surface area contributed by atoms with Gasteiger partial charge in [-0.05, 0) is 18.4 Å². The first-order valence-electron chi connectivity index (χ1n) is 6.60. The van der Waals surface area contributed by atoms with Gasteiger partial charge in [-0.2, -0.15) is 0 Å². The fourth-order valence-electron chi connectivity index (χ4n) is 2.23. The van der Waals surface area contributed by atoms with Gasteiger partial charge in [-0.25, -0.2) is 10.3 Å². The van der Waals surface area contributed by atoms with Gasteiger partial charge in [-0.3, -0.25) is 10.0 Å². The maximum Gasteiger partial charge on any atom is 0.410 e. The normalized spacial score (nSPS) is 15.8. The van der Waals surface area contributed by atoms with Gasteiger partial charge in [0.25, 0.3) is 0 Å². The molecule has 1 aromatic rings. The molecule has 1 aliphatic heterocycles. The Morgan fingerprint density at radius 3 is 2.50 bits per heavy atom. The number of hydrogen-bond acceptors (Lipinski definition) is 4. The average Bonchev–Trinajstić information content (AvgIpc) is 2.53. The Labute approximate surface area is 117 Å². The van der Waals surface area contributed by atoms with Crippen LogP contribution in [-0.4, -0.2) is 35.2 Å². The number of carbonyl (C=O) groups excluding carboxylic acids is 2. The molecule has 1 saturated heterocycles. The molecule has 2 rings (SSSR count). The standard InChI is InChI=1S/C14H18N2O4/c17-13(15-19)12-6-8-16(9-7-12)14(18)20-10-11-4-2-1-3-5-11/h1-5,12,19H,6-10H2,(H,15,17). The summed E-state index contributed by atoms with van der Waals surface area (Å²) in [4.78, 5) is 24.7. The topological polar surface area (TPSA) is 78.9 Å². The van der Waals surface area contributed by atoms with Gasteiger partial charge in [-0.15, -0.1) is 0 Å². The summed E-state index contributed by atoms with van der Waals surface area (Å²) < 4.78 is 5.23. The van der Waals surface area contributed by atoms with Gasteiger partial charge in [0, 0.05) is 19.0 Å². The van der Waals surface area contributed by atoms with E-state index in [1.807, 2.05) is 30.3 Å². The highest BCUT2D eigenvalue weighted by Crippen LogP contribution is 2.18. The third-order valence-corrected chi connectivity index (χ3v) is 3.44. The Hall–Kier alpha value is -2.08. The second kappa shape index (κ2) is 6.91. The van der Waals surface area contributed by atoms with Gasteiger partial charge in [0.05, 0.1) is 0 Å². The number of hydrogen-bond donors (Lipinski definition) is 2. The molecule has 6 heteroatoms. The van der Waals surface area contributed by atoms with Crippen LogP contribution in [0.15, 0.2) is 30.3 Å². The lowest BCUT2D eigenvalue weighted by Crippen LogP contribution is -2.42. The van der Waals surface area contributed by atoms with Crippen molar-refractivity contribution < 1.29 is 19.5 Å². The molecule has 6 nitrogen and oxygen atoms in total. The number of piperidine rings is 1. The molecule has 0 spiro atoms. The molecule has 20 heavy (non-hydrogen) atoms. The molecule has 1 fully saturated rings. The Kier molecular flexibility index (Phi) is 4.95. The number of benzene rings is 1. The molecule has 0 bridgehead atoms. The van der Waals surface area contributed by atoms with Crippen LogP contribution in [0.3, 0.4) is 0 Å². The predicted octanol–water partition coefficient (Wildman–Crippen LogP) is 1.54. The first kappa shape index (κ1) is 14.3. The van der Waals surface area contributed by atoms with Crippen LogP contribution in [0.1, 0.15) is 18.4 Å². The lowest BCUT2D eigenvalue weighted by atomic mass is 9.96. The second-order valence-corrected chi connectivity index (χ2v) is 4.78. The van der Waals surface area contributed by atoms with Crippen molar-refractivity contribution in [3.63, 3.8) is 0 Å². The van der Waals surface area contributed by atoms with Crippen LogP contribution >= 0.6 is 0 Å². The molecule has 108 valence electrons. The van der Waals surface area contributed by atoms with Crippen LogP contribution in [0.5, 0.6) is 0 Å². The molecule has 2 amide bonds. The minimum absolute atomic E-state index is 0.238. The Morgan fingerprint density at radius 1 is 1.25 bits per heavy atom. The molecular formula is C14H18N2O4. The maximum atomic E-state index is 11.9. The largest absolute Gasteiger partial charge is 0.445 e. The smallest absolute Gasteiger partial charge is 0.410 e. The highest BCUT2D eigenvalue weighted by molar-refractivity contribution is 5.78. The van der Waals surface area contributed by atoms with E-state index in [2.05, 4.69) is 0 Å². The molecule has 0 saturated carbocycles. The molecule has 0 aromatic heterocycles. The zero-order chi connectivity index (χ0) is 14.4. The summed E-state index contributed by atoms with van der Waals surface area (Å²) >= 11 is 0. The number of rotatable bonds is 3. The lowest BCUT2D eigenvalue weighted by molar-refractivity contribution is -0.134. The fraction of sp³-hybridized carbons (Fsp3) is 0.429. The Balaban J connectivity index is 1.76. The minimum Gasteiger partial charge on any atom is -0.445 e. The van der Waals surface area contributed by atoms with Crippen LogP contribution < -0.4 is 5.48 Å². The number of carbonyl (C=O) groups is 2. The SMILES string of the molecule is O=C(NO)C1CCN(C(=O)OCc2ccccc2)CC1. The number of hydroxylamine groups is 1. The zero-order valence-corrected chi connectivity index (χ0v) is 11.1. The van der Waals surface area contributed by atoms with E-state index in [4.69, 9.17) is 9.94 Å². The van der Waals surface area contributed by atoms with Crippen molar-refractivity contribution in [3.8, 4) is 0 Å². The molecule has 1 heterocycles. The molecular weight excluding hydrogens is 260 g/mol. The Morgan fingerprint density at radius 2 is 1.90 bits per heavy atom. The molecule has 1 aliphatic rings. The summed E-state index contributed by atoms with van der Waals surface area (Å²) in [5.41, 5.74) is 2.59.